The fourth-order valence-electron chi connectivity index (χ4n) is 1.38. The third-order valence-electron chi connectivity index (χ3n) is 2.20. The van der Waals surface area contributed by atoms with E-state index in [2.05, 4.69) is 10.6 Å². The molecule has 1 aromatic carbocycles. The van der Waals surface area contributed by atoms with Crippen LogP contribution in [0.5, 0.6) is 5.75 Å². The Balaban J connectivity index is 2.36. The summed E-state index contributed by atoms with van der Waals surface area (Å²) >= 11 is 4.76. The van der Waals surface area contributed by atoms with E-state index in [1.54, 1.807) is 0 Å². The standard InChI is InChI=1S/C13H17F3N2OS/c1-9(2)19-11-5-3-10(4-6-11)7-17-12(20)18-8-13(14,15)16/h3-6,9H,7-8H2,1-2H3,(H2,17,18,20). The molecule has 0 aliphatic heterocycles. The molecule has 0 heterocycles. The maximum absolute atomic E-state index is 12.0. The molecule has 1 rings (SSSR count). The van der Waals surface area contributed by atoms with E-state index in [-0.39, 0.29) is 11.2 Å². The number of hydrogen-bond donors (Lipinski definition) is 2. The highest BCUT2D eigenvalue weighted by Gasteiger charge is 2.26. The summed E-state index contributed by atoms with van der Waals surface area (Å²) in [6.07, 6.45) is -4.18. The number of hydrogen-bond acceptors (Lipinski definition) is 2. The predicted molar refractivity (Wildman–Crippen MR) is 75.7 cm³/mol. The van der Waals surface area contributed by atoms with Crippen molar-refractivity contribution < 1.29 is 17.9 Å². The van der Waals surface area contributed by atoms with Crippen molar-refractivity contribution >= 4 is 17.3 Å². The normalized spacial score (nSPS) is 11.3. The molecule has 7 heteroatoms. The van der Waals surface area contributed by atoms with E-state index in [4.69, 9.17) is 17.0 Å². The molecule has 0 aromatic heterocycles. The Bertz CT molecular complexity index is 432. The maximum Gasteiger partial charge on any atom is 0.405 e. The average molecular weight is 306 g/mol. The van der Waals surface area contributed by atoms with E-state index in [0.29, 0.717) is 6.54 Å². The number of alkyl halides is 3. The van der Waals surface area contributed by atoms with Crippen LogP contribution in [0.2, 0.25) is 0 Å². The molecule has 0 saturated carbocycles. The van der Waals surface area contributed by atoms with Gasteiger partial charge in [0.2, 0.25) is 0 Å². The SMILES string of the molecule is CC(C)Oc1ccc(CNC(=S)NCC(F)(F)F)cc1. The summed E-state index contributed by atoms with van der Waals surface area (Å²) in [5, 5.41) is 4.79. The quantitative estimate of drug-likeness (QED) is 0.819. The van der Waals surface area contributed by atoms with Gasteiger partial charge in [-0.05, 0) is 43.8 Å². The molecule has 0 fully saturated rings. The molecule has 0 aliphatic rings. The summed E-state index contributed by atoms with van der Waals surface area (Å²) in [6, 6.07) is 7.28. The lowest BCUT2D eigenvalue weighted by atomic mass is 10.2. The molecule has 0 amide bonds. The Morgan fingerprint density at radius 3 is 2.30 bits per heavy atom. The molecule has 0 saturated heterocycles. The average Bonchev–Trinajstić information content (AvgIpc) is 2.34. The van der Waals surface area contributed by atoms with Crippen LogP contribution in [0.25, 0.3) is 0 Å². The molecule has 0 radical (unpaired) electrons. The summed E-state index contributed by atoms with van der Waals surface area (Å²) in [5.41, 5.74) is 0.900. The van der Waals surface area contributed by atoms with Gasteiger partial charge in [0.25, 0.3) is 0 Å². The zero-order chi connectivity index (χ0) is 15.2. The molecule has 0 aliphatic carbocycles. The molecule has 0 spiro atoms. The van der Waals surface area contributed by atoms with Crippen molar-refractivity contribution in [3.05, 3.63) is 29.8 Å². The number of halogens is 3. The number of benzene rings is 1. The monoisotopic (exact) mass is 306 g/mol. The Morgan fingerprint density at radius 1 is 1.20 bits per heavy atom. The first-order valence-corrected chi connectivity index (χ1v) is 6.51. The second kappa shape index (κ2) is 7.33. The Morgan fingerprint density at radius 2 is 1.80 bits per heavy atom. The Hall–Kier alpha value is -1.50. The minimum atomic E-state index is -4.28. The molecular formula is C13H17F3N2OS. The lowest BCUT2D eigenvalue weighted by Gasteiger charge is -2.13. The van der Waals surface area contributed by atoms with Gasteiger partial charge >= 0.3 is 6.18 Å². The second-order valence-electron chi connectivity index (χ2n) is 4.46. The highest BCUT2D eigenvalue weighted by atomic mass is 32.1. The number of rotatable bonds is 5. The summed E-state index contributed by atoms with van der Waals surface area (Å²) in [7, 11) is 0. The minimum Gasteiger partial charge on any atom is -0.491 e. The van der Waals surface area contributed by atoms with Crippen molar-refractivity contribution in [3.8, 4) is 5.75 Å². The topological polar surface area (TPSA) is 33.3 Å². The van der Waals surface area contributed by atoms with Crippen LogP contribution >= 0.6 is 12.2 Å². The lowest BCUT2D eigenvalue weighted by Crippen LogP contribution is -2.40. The van der Waals surface area contributed by atoms with Crippen LogP contribution in [0.4, 0.5) is 13.2 Å². The molecule has 2 N–H and O–H groups in total. The van der Waals surface area contributed by atoms with Crippen molar-refractivity contribution in [2.75, 3.05) is 6.54 Å². The molecular weight excluding hydrogens is 289 g/mol. The van der Waals surface area contributed by atoms with Crippen molar-refractivity contribution in [3.63, 3.8) is 0 Å². The van der Waals surface area contributed by atoms with Crippen LogP contribution < -0.4 is 15.4 Å². The first-order chi connectivity index (χ1) is 9.26. The molecule has 3 nitrogen and oxygen atoms in total. The first-order valence-electron chi connectivity index (χ1n) is 6.10. The van der Waals surface area contributed by atoms with Crippen LogP contribution in [-0.4, -0.2) is 23.9 Å². The third-order valence-corrected chi connectivity index (χ3v) is 2.49. The largest absolute Gasteiger partial charge is 0.491 e. The summed E-state index contributed by atoms with van der Waals surface area (Å²) < 4.78 is 41.4. The Kier molecular flexibility index (Phi) is 6.06. The number of nitrogens with one attached hydrogen (secondary N) is 2. The maximum atomic E-state index is 12.0. The Labute approximate surface area is 121 Å². The van der Waals surface area contributed by atoms with Crippen LogP contribution in [0.15, 0.2) is 24.3 Å². The molecule has 112 valence electrons. The van der Waals surface area contributed by atoms with Gasteiger partial charge in [-0.15, -0.1) is 0 Å². The van der Waals surface area contributed by atoms with E-state index >= 15 is 0 Å². The van der Waals surface area contributed by atoms with Crippen LogP contribution in [0, 0.1) is 0 Å². The zero-order valence-corrected chi connectivity index (χ0v) is 12.1. The van der Waals surface area contributed by atoms with E-state index in [0.717, 1.165) is 11.3 Å². The van der Waals surface area contributed by atoms with Gasteiger partial charge in [-0.2, -0.15) is 13.2 Å². The summed E-state index contributed by atoms with van der Waals surface area (Å²) in [4.78, 5) is 0. The van der Waals surface area contributed by atoms with Crippen LogP contribution in [0.1, 0.15) is 19.4 Å². The zero-order valence-electron chi connectivity index (χ0n) is 11.3. The first kappa shape index (κ1) is 16.6. The molecule has 0 atom stereocenters. The van der Waals surface area contributed by atoms with Crippen LogP contribution in [0.3, 0.4) is 0 Å². The van der Waals surface area contributed by atoms with Gasteiger partial charge < -0.3 is 15.4 Å². The van der Waals surface area contributed by atoms with E-state index in [1.165, 1.54) is 0 Å². The predicted octanol–water partition coefficient (Wildman–Crippen LogP) is 3.00. The minimum absolute atomic E-state index is 0.0233. The van der Waals surface area contributed by atoms with Crippen molar-refractivity contribution in [1.29, 1.82) is 0 Å². The molecule has 1 aromatic rings. The number of ether oxygens (including phenoxy) is 1. The summed E-state index contributed by atoms with van der Waals surface area (Å²) in [5.74, 6) is 0.751. The fraction of sp³-hybridized carbons (Fsp3) is 0.462. The van der Waals surface area contributed by atoms with Gasteiger partial charge in [-0.25, -0.2) is 0 Å². The van der Waals surface area contributed by atoms with Crippen molar-refractivity contribution in [2.24, 2.45) is 0 Å². The van der Waals surface area contributed by atoms with Crippen LogP contribution in [-0.2, 0) is 6.54 Å². The second-order valence-corrected chi connectivity index (χ2v) is 4.87. The van der Waals surface area contributed by atoms with E-state index in [1.807, 2.05) is 38.1 Å². The smallest absolute Gasteiger partial charge is 0.405 e. The highest BCUT2D eigenvalue weighted by molar-refractivity contribution is 7.80. The van der Waals surface area contributed by atoms with E-state index in [9.17, 15) is 13.2 Å². The van der Waals surface area contributed by atoms with Gasteiger partial charge in [0.05, 0.1) is 6.10 Å². The number of thiocarbonyl (C=S) groups is 1. The molecule has 20 heavy (non-hydrogen) atoms. The van der Waals surface area contributed by atoms with E-state index < -0.39 is 12.7 Å². The highest BCUT2D eigenvalue weighted by Crippen LogP contribution is 2.14. The van der Waals surface area contributed by atoms with Crippen molar-refractivity contribution in [1.82, 2.24) is 10.6 Å². The third kappa shape index (κ3) is 7.18. The molecule has 0 bridgehead atoms. The van der Waals surface area contributed by atoms with Gasteiger partial charge in [-0.1, -0.05) is 12.1 Å². The van der Waals surface area contributed by atoms with Gasteiger partial charge in [0, 0.05) is 6.54 Å². The van der Waals surface area contributed by atoms with Crippen molar-refractivity contribution in [2.45, 2.75) is 32.7 Å². The molecule has 0 unspecified atom stereocenters. The van der Waals surface area contributed by atoms with Gasteiger partial charge in [0.15, 0.2) is 5.11 Å². The fourth-order valence-corrected chi connectivity index (χ4v) is 1.53. The van der Waals surface area contributed by atoms with Gasteiger partial charge in [-0.3, -0.25) is 0 Å². The summed E-state index contributed by atoms with van der Waals surface area (Å²) in [6.45, 7) is 3.08. The lowest BCUT2D eigenvalue weighted by molar-refractivity contribution is -0.122. The van der Waals surface area contributed by atoms with Gasteiger partial charge in [0.1, 0.15) is 12.3 Å².